The van der Waals surface area contributed by atoms with Crippen molar-refractivity contribution in [2.24, 2.45) is 0 Å². The zero-order chi connectivity index (χ0) is 23.6. The van der Waals surface area contributed by atoms with Crippen LogP contribution in [0.5, 0.6) is 0 Å². The van der Waals surface area contributed by atoms with Crippen molar-refractivity contribution in [1.29, 1.82) is 0 Å². The van der Waals surface area contributed by atoms with E-state index in [9.17, 15) is 4.79 Å². The third-order valence-electron chi connectivity index (χ3n) is 2.98. The van der Waals surface area contributed by atoms with Crippen molar-refractivity contribution in [1.82, 2.24) is 0 Å². The van der Waals surface area contributed by atoms with Crippen LogP contribution < -0.4 is 0 Å². The van der Waals surface area contributed by atoms with E-state index in [1.165, 1.54) is 6.92 Å². The first kappa shape index (κ1) is 32.3. The number of carbonyl (C=O) groups excluding carboxylic acids is 1. The van der Waals surface area contributed by atoms with Crippen molar-refractivity contribution in [2.75, 3.05) is 99.6 Å². The van der Waals surface area contributed by atoms with Gasteiger partial charge in [-0.05, 0) is 20.8 Å². The number of carbonyl (C=O) groups is 1. The van der Waals surface area contributed by atoms with E-state index >= 15 is 0 Å². The lowest BCUT2D eigenvalue weighted by molar-refractivity contribution is -0.151. The number of aliphatic hydroxyl groups excluding tert-OH is 1. The van der Waals surface area contributed by atoms with Crippen molar-refractivity contribution in [2.45, 2.75) is 33.3 Å². The van der Waals surface area contributed by atoms with Gasteiger partial charge in [0.1, 0.15) is 5.60 Å². The molecule has 0 amide bonds. The number of rotatable bonds is 20. The fourth-order valence-corrected chi connectivity index (χ4v) is 1.84. The predicted octanol–water partition coefficient (Wildman–Crippen LogP) is 1.07. The highest BCUT2D eigenvalue weighted by Gasteiger charge is 2.11. The number of hydrogen-bond donors (Lipinski definition) is 1. The van der Waals surface area contributed by atoms with E-state index in [2.05, 4.69) is 0 Å². The van der Waals surface area contributed by atoms with Crippen molar-refractivity contribution >= 4 is 5.97 Å². The van der Waals surface area contributed by atoms with E-state index in [0.717, 1.165) is 0 Å². The molecule has 0 aliphatic carbocycles. The maximum Gasteiger partial charge on any atom is 0.303 e. The van der Waals surface area contributed by atoms with E-state index in [-0.39, 0.29) is 18.2 Å². The molecule has 0 rings (SSSR count). The number of methoxy groups -OCH3 is 1. The first-order chi connectivity index (χ1) is 14.8. The maximum absolute atomic E-state index is 10.2. The Balaban J connectivity index is 0. The van der Waals surface area contributed by atoms with E-state index in [4.69, 9.17) is 43.0 Å². The lowest BCUT2D eigenvalue weighted by atomic mass is 10.2. The highest BCUT2D eigenvalue weighted by molar-refractivity contribution is 5.66. The molecule has 0 radical (unpaired) electrons. The summed E-state index contributed by atoms with van der Waals surface area (Å²) in [5, 5.41) is 8.49. The van der Waals surface area contributed by atoms with Gasteiger partial charge >= 0.3 is 5.97 Å². The minimum atomic E-state index is -0.328. The first-order valence-electron chi connectivity index (χ1n) is 10.6. The van der Waals surface area contributed by atoms with Crippen LogP contribution in [-0.4, -0.2) is 116 Å². The molecule has 0 fully saturated rings. The molecule has 0 unspecified atom stereocenters. The molecule has 10 nitrogen and oxygen atoms in total. The smallest absolute Gasteiger partial charge is 0.303 e. The molecule has 0 aromatic rings. The quantitative estimate of drug-likeness (QED) is 0.211. The second-order valence-electron chi connectivity index (χ2n) is 7.10. The Morgan fingerprint density at radius 3 is 1.10 bits per heavy atom. The Labute approximate surface area is 187 Å². The van der Waals surface area contributed by atoms with Gasteiger partial charge in [0.05, 0.1) is 92.5 Å². The fourth-order valence-electron chi connectivity index (χ4n) is 1.84. The highest BCUT2D eigenvalue weighted by Crippen LogP contribution is 2.05. The molecular weight excluding hydrogens is 412 g/mol. The van der Waals surface area contributed by atoms with Gasteiger partial charge in [-0.25, -0.2) is 0 Å². The predicted molar refractivity (Wildman–Crippen MR) is 115 cm³/mol. The second kappa shape index (κ2) is 25.4. The van der Waals surface area contributed by atoms with Gasteiger partial charge in [0, 0.05) is 14.0 Å². The average Bonchev–Trinajstić information content (AvgIpc) is 2.68. The standard InChI is InChI=1S/C15H32O8.C6H12O2/c1-17-4-5-19-8-9-21-12-13-23-15-14-22-11-10-20-7-6-18-3-2-16;1-5(7)8-6(2,3)4/h16H,2-15H2,1H3;1-4H3. The lowest BCUT2D eigenvalue weighted by Gasteiger charge is -2.17. The van der Waals surface area contributed by atoms with E-state index in [1.807, 2.05) is 20.8 Å². The van der Waals surface area contributed by atoms with Crippen molar-refractivity contribution in [3.05, 3.63) is 0 Å². The largest absolute Gasteiger partial charge is 0.460 e. The topological polar surface area (TPSA) is 111 Å². The normalized spacial score (nSPS) is 11.2. The molecule has 0 aromatic heterocycles. The third-order valence-corrected chi connectivity index (χ3v) is 2.98. The molecule has 0 saturated carbocycles. The average molecular weight is 457 g/mol. The Bertz CT molecular complexity index is 341. The zero-order valence-electron chi connectivity index (χ0n) is 20.0. The Morgan fingerprint density at radius 1 is 0.613 bits per heavy atom. The number of ether oxygens (including phenoxy) is 8. The fraction of sp³-hybridized carbons (Fsp3) is 0.952. The summed E-state index contributed by atoms with van der Waals surface area (Å²) < 4.78 is 41.3. The van der Waals surface area contributed by atoms with Crippen LogP contribution in [-0.2, 0) is 42.7 Å². The van der Waals surface area contributed by atoms with Crippen molar-refractivity contribution < 1.29 is 47.8 Å². The molecule has 0 atom stereocenters. The van der Waals surface area contributed by atoms with Gasteiger partial charge in [0.2, 0.25) is 0 Å². The van der Waals surface area contributed by atoms with Gasteiger partial charge in [0.15, 0.2) is 0 Å². The molecule has 188 valence electrons. The molecule has 0 spiro atoms. The molecular formula is C21H44O10. The van der Waals surface area contributed by atoms with E-state index in [1.54, 1.807) is 7.11 Å². The second-order valence-corrected chi connectivity index (χ2v) is 7.10. The van der Waals surface area contributed by atoms with Crippen LogP contribution in [0.1, 0.15) is 27.7 Å². The lowest BCUT2D eigenvalue weighted by Crippen LogP contribution is -2.21. The molecule has 0 saturated heterocycles. The molecule has 1 N–H and O–H groups in total. The Hall–Kier alpha value is -0.850. The molecule has 0 aliphatic rings. The van der Waals surface area contributed by atoms with Gasteiger partial charge < -0.3 is 43.0 Å². The minimum absolute atomic E-state index is 0.0380. The highest BCUT2D eigenvalue weighted by atomic mass is 16.6. The molecule has 31 heavy (non-hydrogen) atoms. The third kappa shape index (κ3) is 36.8. The monoisotopic (exact) mass is 456 g/mol. The van der Waals surface area contributed by atoms with Crippen LogP contribution in [0.15, 0.2) is 0 Å². The van der Waals surface area contributed by atoms with Crippen LogP contribution in [0.25, 0.3) is 0 Å². The number of esters is 1. The number of hydrogen-bond acceptors (Lipinski definition) is 10. The van der Waals surface area contributed by atoms with Gasteiger partial charge in [-0.2, -0.15) is 0 Å². The minimum Gasteiger partial charge on any atom is -0.460 e. The summed E-state index contributed by atoms with van der Waals surface area (Å²) in [4.78, 5) is 10.2. The molecule has 0 heterocycles. The summed E-state index contributed by atoms with van der Waals surface area (Å²) in [7, 11) is 1.64. The summed E-state index contributed by atoms with van der Waals surface area (Å²) in [5.41, 5.74) is -0.328. The SMILES string of the molecule is CC(=O)OC(C)(C)C.COCCOCCOCCOCCOCCOCCOCCO. The summed E-state index contributed by atoms with van der Waals surface area (Å²) >= 11 is 0. The van der Waals surface area contributed by atoms with E-state index < -0.39 is 0 Å². The van der Waals surface area contributed by atoms with Crippen LogP contribution in [0.4, 0.5) is 0 Å². The summed E-state index contributed by atoms with van der Waals surface area (Å²) in [6.45, 7) is 13.8. The first-order valence-corrected chi connectivity index (χ1v) is 10.6. The Kier molecular flexibility index (Phi) is 26.5. The summed E-state index contributed by atoms with van der Waals surface area (Å²) in [5.74, 6) is -0.225. The molecule has 0 aliphatic heterocycles. The van der Waals surface area contributed by atoms with Crippen molar-refractivity contribution in [3.8, 4) is 0 Å². The van der Waals surface area contributed by atoms with Gasteiger partial charge in [-0.15, -0.1) is 0 Å². The Morgan fingerprint density at radius 2 is 0.903 bits per heavy atom. The number of aliphatic hydroxyl groups is 1. The molecule has 0 bridgehead atoms. The van der Waals surface area contributed by atoms with Crippen LogP contribution in [0, 0.1) is 0 Å². The van der Waals surface area contributed by atoms with Crippen molar-refractivity contribution in [3.63, 3.8) is 0 Å². The van der Waals surface area contributed by atoms with E-state index in [0.29, 0.717) is 85.9 Å². The van der Waals surface area contributed by atoms with Gasteiger partial charge in [-0.1, -0.05) is 0 Å². The summed E-state index contributed by atoms with van der Waals surface area (Å²) in [6, 6.07) is 0. The molecule has 0 aromatic carbocycles. The van der Waals surface area contributed by atoms with Crippen LogP contribution >= 0.6 is 0 Å². The van der Waals surface area contributed by atoms with Crippen LogP contribution in [0.3, 0.4) is 0 Å². The maximum atomic E-state index is 10.2. The van der Waals surface area contributed by atoms with Gasteiger partial charge in [0.25, 0.3) is 0 Å². The zero-order valence-corrected chi connectivity index (χ0v) is 20.0. The van der Waals surface area contributed by atoms with Gasteiger partial charge in [-0.3, -0.25) is 4.79 Å². The molecule has 10 heteroatoms. The summed E-state index contributed by atoms with van der Waals surface area (Å²) in [6.07, 6.45) is 0. The van der Waals surface area contributed by atoms with Crippen LogP contribution in [0.2, 0.25) is 0 Å².